The molecule has 3 aliphatic rings. The molecule has 1 fully saturated rings. The second kappa shape index (κ2) is 7.40. The third-order valence-corrected chi connectivity index (χ3v) is 7.88. The molecule has 1 spiro atoms. The molecule has 34 heavy (non-hydrogen) atoms. The van der Waals surface area contributed by atoms with Gasteiger partial charge in [0.2, 0.25) is 0 Å². The maximum Gasteiger partial charge on any atom is 0.265 e. The lowest BCUT2D eigenvalue weighted by atomic mass is 9.78. The van der Waals surface area contributed by atoms with Crippen molar-refractivity contribution < 1.29 is 19.1 Å². The Kier molecular flexibility index (Phi) is 4.54. The molecule has 3 aromatic rings. The van der Waals surface area contributed by atoms with Gasteiger partial charge in [0.25, 0.3) is 11.8 Å². The number of Topliss-reactive ketones (excluding diaryl/α,β-unsaturated/α-hetero) is 1. The van der Waals surface area contributed by atoms with Crippen molar-refractivity contribution in [3.63, 3.8) is 0 Å². The van der Waals surface area contributed by atoms with Crippen molar-refractivity contribution in [2.75, 3.05) is 11.4 Å². The molecule has 4 heterocycles. The molecule has 2 aromatic carbocycles. The first-order valence-electron chi connectivity index (χ1n) is 11.2. The molecule has 6 nitrogen and oxygen atoms in total. The van der Waals surface area contributed by atoms with Crippen LogP contribution in [0, 0.1) is 19.8 Å². The van der Waals surface area contributed by atoms with E-state index in [0.717, 1.165) is 16.8 Å². The summed E-state index contributed by atoms with van der Waals surface area (Å²) in [5.41, 5.74) is 1.50. The van der Waals surface area contributed by atoms with Crippen LogP contribution in [-0.2, 0) is 4.79 Å². The molecule has 0 radical (unpaired) electrons. The molecule has 0 aliphatic carbocycles. The van der Waals surface area contributed by atoms with Gasteiger partial charge in [0.05, 0.1) is 16.1 Å². The molecule has 6 rings (SSSR count). The number of amides is 2. The number of aryl methyl sites for hydroxylation is 2. The van der Waals surface area contributed by atoms with E-state index in [0.29, 0.717) is 16.2 Å². The molecule has 7 heteroatoms. The Hall–Kier alpha value is -3.71. The fourth-order valence-corrected chi connectivity index (χ4v) is 6.24. The van der Waals surface area contributed by atoms with Crippen LogP contribution in [0.2, 0.25) is 0 Å². The van der Waals surface area contributed by atoms with Gasteiger partial charge in [-0.2, -0.15) is 0 Å². The maximum atomic E-state index is 14.4. The first-order chi connectivity index (χ1) is 16.4. The summed E-state index contributed by atoms with van der Waals surface area (Å²) in [7, 11) is 0. The van der Waals surface area contributed by atoms with E-state index in [4.69, 9.17) is 4.74 Å². The highest BCUT2D eigenvalue weighted by Crippen LogP contribution is 2.51. The molecule has 1 aromatic heterocycles. The fraction of sp³-hybridized carbons (Fsp3) is 0.222. The number of anilines is 1. The van der Waals surface area contributed by atoms with Gasteiger partial charge < -0.3 is 9.64 Å². The zero-order valence-corrected chi connectivity index (χ0v) is 19.5. The second-order valence-electron chi connectivity index (χ2n) is 8.88. The molecule has 3 unspecified atom stereocenters. The van der Waals surface area contributed by atoms with Crippen molar-refractivity contribution >= 4 is 34.6 Å². The normalized spacial score (nSPS) is 25.0. The first kappa shape index (κ1) is 20.9. The van der Waals surface area contributed by atoms with Crippen molar-refractivity contribution in [3.05, 3.63) is 93.7 Å². The van der Waals surface area contributed by atoms with Crippen LogP contribution in [-0.4, -0.2) is 40.8 Å². The predicted octanol–water partition coefficient (Wildman–Crippen LogP) is 4.38. The number of carbonyl (C=O) groups excluding carboxylic acids is 3. The Morgan fingerprint density at radius 1 is 1.03 bits per heavy atom. The standard InChI is InChI=1S/C27H22N2O4S/c1-16-8-5-9-17(2)22(16)29-25-21(23(30)18-10-3-4-11-19(18)33-25)27(26(29)32)13-7-14-28(27)24(31)20-12-6-15-34-20/h3-13,15,21,25H,14H2,1-2H3. The first-order valence-corrected chi connectivity index (χ1v) is 12.1. The number of fused-ring (bicyclic) bond motifs is 3. The molecular weight excluding hydrogens is 448 g/mol. The van der Waals surface area contributed by atoms with E-state index in [-0.39, 0.29) is 24.1 Å². The van der Waals surface area contributed by atoms with Crippen molar-refractivity contribution in [2.24, 2.45) is 5.92 Å². The summed E-state index contributed by atoms with van der Waals surface area (Å²) in [4.78, 5) is 45.7. The minimum Gasteiger partial charge on any atom is -0.468 e. The Bertz CT molecular complexity index is 1360. The third kappa shape index (κ3) is 2.64. The quantitative estimate of drug-likeness (QED) is 0.522. The van der Waals surface area contributed by atoms with Gasteiger partial charge in [-0.15, -0.1) is 11.3 Å². The van der Waals surface area contributed by atoms with Gasteiger partial charge in [-0.3, -0.25) is 19.3 Å². The highest BCUT2D eigenvalue weighted by atomic mass is 32.1. The third-order valence-electron chi connectivity index (χ3n) is 7.02. The number of rotatable bonds is 2. The topological polar surface area (TPSA) is 66.9 Å². The number of ether oxygens (including phenoxy) is 1. The molecule has 1 saturated heterocycles. The van der Waals surface area contributed by atoms with E-state index in [2.05, 4.69) is 0 Å². The molecule has 3 aliphatic heterocycles. The number of hydrogen-bond acceptors (Lipinski definition) is 5. The highest BCUT2D eigenvalue weighted by Gasteiger charge is 2.69. The fourth-order valence-electron chi connectivity index (χ4n) is 5.56. The van der Waals surface area contributed by atoms with Crippen molar-refractivity contribution in [1.29, 1.82) is 0 Å². The van der Waals surface area contributed by atoms with Crippen LogP contribution in [0.1, 0.15) is 31.2 Å². The summed E-state index contributed by atoms with van der Waals surface area (Å²) in [6.45, 7) is 4.13. The van der Waals surface area contributed by atoms with Gasteiger partial charge in [-0.1, -0.05) is 48.6 Å². The number of para-hydroxylation sites is 2. The van der Waals surface area contributed by atoms with Gasteiger partial charge in [0.15, 0.2) is 17.6 Å². The lowest BCUT2D eigenvalue weighted by Gasteiger charge is -2.38. The van der Waals surface area contributed by atoms with Crippen molar-refractivity contribution in [2.45, 2.75) is 25.6 Å². The molecule has 0 N–H and O–H groups in total. The summed E-state index contributed by atoms with van der Waals surface area (Å²) in [6, 6.07) is 16.4. The van der Waals surface area contributed by atoms with E-state index in [1.807, 2.05) is 55.6 Å². The molecule has 0 bridgehead atoms. The minimum absolute atomic E-state index is 0.190. The van der Waals surface area contributed by atoms with Gasteiger partial charge in [-0.05, 0) is 48.6 Å². The monoisotopic (exact) mass is 470 g/mol. The van der Waals surface area contributed by atoms with Crippen LogP contribution >= 0.6 is 11.3 Å². The number of thiophene rings is 1. The van der Waals surface area contributed by atoms with Crippen LogP contribution in [0.4, 0.5) is 5.69 Å². The average molecular weight is 471 g/mol. The van der Waals surface area contributed by atoms with Crippen molar-refractivity contribution in [3.8, 4) is 5.75 Å². The Balaban J connectivity index is 1.58. The Labute approximate surface area is 201 Å². The number of benzene rings is 2. The van der Waals surface area contributed by atoms with Crippen LogP contribution in [0.15, 0.2) is 72.1 Å². The summed E-state index contributed by atoms with van der Waals surface area (Å²) in [5, 5.41) is 1.83. The molecule has 3 atom stereocenters. The highest BCUT2D eigenvalue weighted by molar-refractivity contribution is 7.12. The lowest BCUT2D eigenvalue weighted by molar-refractivity contribution is -0.124. The van der Waals surface area contributed by atoms with E-state index in [1.54, 1.807) is 40.1 Å². The van der Waals surface area contributed by atoms with Gasteiger partial charge >= 0.3 is 0 Å². The summed E-state index contributed by atoms with van der Waals surface area (Å²) < 4.78 is 6.39. The van der Waals surface area contributed by atoms with Gasteiger partial charge in [-0.25, -0.2) is 0 Å². The lowest BCUT2D eigenvalue weighted by Crippen LogP contribution is -2.58. The van der Waals surface area contributed by atoms with Crippen LogP contribution in [0.3, 0.4) is 0 Å². The van der Waals surface area contributed by atoms with Crippen LogP contribution in [0.25, 0.3) is 0 Å². The molecule has 0 saturated carbocycles. The summed E-state index contributed by atoms with van der Waals surface area (Å²) in [6.07, 6.45) is 2.68. The number of ketones is 1. The smallest absolute Gasteiger partial charge is 0.265 e. The average Bonchev–Trinajstić information content (AvgIpc) is 3.56. The van der Waals surface area contributed by atoms with Crippen LogP contribution < -0.4 is 9.64 Å². The van der Waals surface area contributed by atoms with Gasteiger partial charge in [0.1, 0.15) is 11.7 Å². The van der Waals surface area contributed by atoms with Gasteiger partial charge in [0, 0.05) is 6.54 Å². The SMILES string of the molecule is Cc1cccc(C)c1N1C(=O)C2(C=CCN2C(=O)c2cccs2)C2C(=O)c3ccccc3OC21. The predicted molar refractivity (Wildman–Crippen MR) is 129 cm³/mol. The van der Waals surface area contributed by atoms with Crippen molar-refractivity contribution in [1.82, 2.24) is 4.90 Å². The Morgan fingerprint density at radius 3 is 2.53 bits per heavy atom. The minimum atomic E-state index is -1.45. The molecular formula is C27H22N2O4S. The zero-order chi connectivity index (χ0) is 23.6. The Morgan fingerprint density at radius 2 is 1.79 bits per heavy atom. The summed E-state index contributed by atoms with van der Waals surface area (Å²) >= 11 is 1.32. The maximum absolute atomic E-state index is 14.4. The van der Waals surface area contributed by atoms with E-state index in [9.17, 15) is 14.4 Å². The van der Waals surface area contributed by atoms with E-state index in [1.165, 1.54) is 11.3 Å². The molecule has 2 amide bonds. The van der Waals surface area contributed by atoms with E-state index >= 15 is 0 Å². The number of nitrogens with zero attached hydrogens (tertiary/aromatic N) is 2. The number of hydrogen-bond donors (Lipinski definition) is 0. The molecule has 170 valence electrons. The van der Waals surface area contributed by atoms with Crippen LogP contribution in [0.5, 0.6) is 5.75 Å². The second-order valence-corrected chi connectivity index (χ2v) is 9.83. The largest absolute Gasteiger partial charge is 0.468 e. The zero-order valence-electron chi connectivity index (χ0n) is 18.7. The van der Waals surface area contributed by atoms with E-state index < -0.39 is 17.7 Å². The summed E-state index contributed by atoms with van der Waals surface area (Å²) in [5.74, 6) is -1.21. The number of carbonyl (C=O) groups is 3.